The van der Waals surface area contributed by atoms with Crippen molar-refractivity contribution in [1.29, 1.82) is 0 Å². The average Bonchev–Trinajstić information content (AvgIpc) is 2.96. The van der Waals surface area contributed by atoms with Crippen LogP contribution in [0.4, 0.5) is 5.82 Å². The fourth-order valence-electron chi connectivity index (χ4n) is 4.16. The van der Waals surface area contributed by atoms with Gasteiger partial charge in [-0.2, -0.15) is 0 Å². The fourth-order valence-corrected chi connectivity index (χ4v) is 4.48. The van der Waals surface area contributed by atoms with Crippen LogP contribution in [0.1, 0.15) is 35.4 Å². The van der Waals surface area contributed by atoms with E-state index in [0.717, 1.165) is 19.3 Å². The molecular formula is C20H24ClN3O3. The van der Waals surface area contributed by atoms with E-state index in [2.05, 4.69) is 22.5 Å². The molecule has 6 nitrogen and oxygen atoms in total. The molecule has 4 rings (SSSR count). The maximum absolute atomic E-state index is 11.9. The van der Waals surface area contributed by atoms with Crippen LogP contribution >= 0.6 is 11.6 Å². The van der Waals surface area contributed by atoms with E-state index >= 15 is 0 Å². The minimum atomic E-state index is -1.19. The Hall–Kier alpha value is -1.89. The number of carbonyl (C=O) groups excluding carboxylic acids is 1. The monoisotopic (exact) mass is 389 g/mol. The first-order valence-electron chi connectivity index (χ1n) is 9.38. The van der Waals surface area contributed by atoms with Gasteiger partial charge in [0.1, 0.15) is 11.4 Å². The van der Waals surface area contributed by atoms with Gasteiger partial charge in [0, 0.05) is 36.2 Å². The van der Waals surface area contributed by atoms with Crippen LogP contribution in [-0.2, 0) is 34.5 Å². The average molecular weight is 390 g/mol. The molecule has 0 bridgehead atoms. The van der Waals surface area contributed by atoms with Gasteiger partial charge in [0.2, 0.25) is 6.41 Å². The molecule has 0 aromatic carbocycles. The van der Waals surface area contributed by atoms with Gasteiger partial charge in [0.05, 0.1) is 18.2 Å². The first-order valence-corrected chi connectivity index (χ1v) is 9.76. The molecule has 0 unspecified atom stereocenters. The number of aliphatic hydroxyl groups is 1. The molecule has 1 fully saturated rings. The number of pyridine rings is 1. The molecular weight excluding hydrogens is 366 g/mol. The quantitative estimate of drug-likeness (QED) is 0.771. The summed E-state index contributed by atoms with van der Waals surface area (Å²) in [4.78, 5) is 17.7. The molecule has 0 spiro atoms. The van der Waals surface area contributed by atoms with Crippen LogP contribution in [-0.4, -0.2) is 40.8 Å². The number of aryl methyl sites for hydroxylation is 2. The number of rotatable bonds is 6. The Morgan fingerprint density at radius 2 is 2.19 bits per heavy atom. The third-order valence-electron chi connectivity index (χ3n) is 5.61. The summed E-state index contributed by atoms with van der Waals surface area (Å²) in [6.45, 7) is 3.57. The maximum Gasteiger partial charge on any atom is 0.215 e. The second kappa shape index (κ2) is 7.26. The SMILES string of the molecule is Cc1cc2c(n1CCN(C=O)c1nccc(Cl)c1C1(O)COC1)CCCC2. The predicted octanol–water partition coefficient (Wildman–Crippen LogP) is 2.60. The van der Waals surface area contributed by atoms with Crippen LogP contribution in [0, 0.1) is 6.92 Å². The second-order valence-corrected chi connectivity index (χ2v) is 7.84. The first-order chi connectivity index (χ1) is 13.0. The number of carbonyl (C=O) groups is 1. The van der Waals surface area contributed by atoms with Crippen molar-refractivity contribution in [3.63, 3.8) is 0 Å². The molecule has 27 heavy (non-hydrogen) atoms. The number of anilines is 1. The number of aromatic nitrogens is 2. The van der Waals surface area contributed by atoms with E-state index in [1.54, 1.807) is 12.3 Å². The molecule has 2 aromatic heterocycles. The van der Waals surface area contributed by atoms with E-state index in [0.29, 0.717) is 29.5 Å². The van der Waals surface area contributed by atoms with Gasteiger partial charge in [-0.05, 0) is 50.3 Å². The highest BCUT2D eigenvalue weighted by Crippen LogP contribution is 2.39. The Kier molecular flexibility index (Phi) is 4.97. The molecule has 0 atom stereocenters. The molecule has 2 aliphatic rings. The summed E-state index contributed by atoms with van der Waals surface area (Å²) in [6.07, 6.45) is 6.99. The van der Waals surface area contributed by atoms with E-state index in [-0.39, 0.29) is 13.2 Å². The highest BCUT2D eigenvalue weighted by atomic mass is 35.5. The van der Waals surface area contributed by atoms with Crippen LogP contribution < -0.4 is 4.90 Å². The highest BCUT2D eigenvalue weighted by Gasteiger charge is 2.43. The maximum atomic E-state index is 11.9. The molecule has 2 aromatic rings. The summed E-state index contributed by atoms with van der Waals surface area (Å²) in [5, 5.41) is 11.1. The molecule has 1 aliphatic carbocycles. The number of ether oxygens (including phenoxy) is 1. The third-order valence-corrected chi connectivity index (χ3v) is 5.92. The van der Waals surface area contributed by atoms with Crippen molar-refractivity contribution in [3.05, 3.63) is 45.9 Å². The molecule has 1 saturated heterocycles. The van der Waals surface area contributed by atoms with Crippen molar-refractivity contribution in [3.8, 4) is 0 Å². The van der Waals surface area contributed by atoms with E-state index < -0.39 is 5.60 Å². The number of fused-ring (bicyclic) bond motifs is 1. The van der Waals surface area contributed by atoms with Crippen LogP contribution in [0.25, 0.3) is 0 Å². The number of halogens is 1. The summed E-state index contributed by atoms with van der Waals surface area (Å²) in [5.41, 5.74) is 3.31. The van der Waals surface area contributed by atoms with E-state index in [4.69, 9.17) is 16.3 Å². The zero-order valence-corrected chi connectivity index (χ0v) is 16.2. The van der Waals surface area contributed by atoms with Crippen molar-refractivity contribution < 1.29 is 14.6 Å². The lowest BCUT2D eigenvalue weighted by Crippen LogP contribution is -2.48. The van der Waals surface area contributed by atoms with Gasteiger partial charge >= 0.3 is 0 Å². The fraction of sp³-hybridized carbons (Fsp3) is 0.500. The van der Waals surface area contributed by atoms with Crippen molar-refractivity contribution in [2.75, 3.05) is 24.7 Å². The summed E-state index contributed by atoms with van der Waals surface area (Å²) in [5.74, 6) is 0.405. The van der Waals surface area contributed by atoms with Crippen molar-refractivity contribution in [2.45, 2.75) is 44.8 Å². The lowest BCUT2D eigenvalue weighted by molar-refractivity contribution is -0.184. The van der Waals surface area contributed by atoms with Crippen LogP contribution in [0.2, 0.25) is 5.02 Å². The zero-order chi connectivity index (χ0) is 19.0. The molecule has 1 aliphatic heterocycles. The minimum absolute atomic E-state index is 0.155. The summed E-state index contributed by atoms with van der Waals surface area (Å²) >= 11 is 6.34. The normalized spacial score (nSPS) is 17.9. The first kappa shape index (κ1) is 18.5. The topological polar surface area (TPSA) is 67.6 Å². The molecule has 1 N–H and O–H groups in total. The Morgan fingerprint density at radius 3 is 2.89 bits per heavy atom. The van der Waals surface area contributed by atoms with Gasteiger partial charge in [-0.25, -0.2) is 4.98 Å². The largest absolute Gasteiger partial charge is 0.380 e. The standard InChI is InChI=1S/C20H24ClN3O3/c1-14-10-15-4-2-3-5-17(15)24(14)9-8-23(13-25)19-18(16(21)6-7-22-19)20(26)11-27-12-20/h6-7,10,13,26H,2-5,8-9,11-12H2,1H3. The molecule has 144 valence electrons. The summed E-state index contributed by atoms with van der Waals surface area (Å²) < 4.78 is 7.47. The molecule has 1 amide bonds. The Morgan fingerprint density at radius 1 is 1.41 bits per heavy atom. The number of amides is 1. The number of hydrogen-bond acceptors (Lipinski definition) is 4. The van der Waals surface area contributed by atoms with Crippen molar-refractivity contribution in [1.82, 2.24) is 9.55 Å². The van der Waals surface area contributed by atoms with Crippen molar-refractivity contribution in [2.24, 2.45) is 0 Å². The lowest BCUT2D eigenvalue weighted by atomic mass is 9.92. The van der Waals surface area contributed by atoms with E-state index in [1.165, 1.54) is 34.7 Å². The van der Waals surface area contributed by atoms with Gasteiger partial charge in [-0.15, -0.1) is 0 Å². The number of hydrogen-bond donors (Lipinski definition) is 1. The smallest absolute Gasteiger partial charge is 0.215 e. The summed E-state index contributed by atoms with van der Waals surface area (Å²) in [7, 11) is 0. The Balaban J connectivity index is 1.60. The van der Waals surface area contributed by atoms with Crippen LogP contribution in [0.3, 0.4) is 0 Å². The van der Waals surface area contributed by atoms with Gasteiger partial charge < -0.3 is 14.4 Å². The lowest BCUT2D eigenvalue weighted by Gasteiger charge is -2.39. The summed E-state index contributed by atoms with van der Waals surface area (Å²) in [6, 6.07) is 3.89. The molecule has 0 radical (unpaired) electrons. The second-order valence-electron chi connectivity index (χ2n) is 7.43. The van der Waals surface area contributed by atoms with Crippen LogP contribution in [0.15, 0.2) is 18.3 Å². The van der Waals surface area contributed by atoms with Gasteiger partial charge in [0.15, 0.2) is 0 Å². The molecule has 7 heteroatoms. The molecule has 3 heterocycles. The Bertz CT molecular complexity index is 860. The van der Waals surface area contributed by atoms with Gasteiger partial charge in [0.25, 0.3) is 0 Å². The third kappa shape index (κ3) is 3.26. The van der Waals surface area contributed by atoms with Crippen molar-refractivity contribution >= 4 is 23.8 Å². The highest BCUT2D eigenvalue weighted by molar-refractivity contribution is 6.31. The zero-order valence-electron chi connectivity index (χ0n) is 15.4. The van der Waals surface area contributed by atoms with E-state index in [9.17, 15) is 9.90 Å². The molecule has 0 saturated carbocycles. The predicted molar refractivity (Wildman–Crippen MR) is 103 cm³/mol. The minimum Gasteiger partial charge on any atom is -0.380 e. The van der Waals surface area contributed by atoms with E-state index in [1.807, 2.05) is 0 Å². The Labute approximate surface area is 163 Å². The number of nitrogens with zero attached hydrogens (tertiary/aromatic N) is 3. The van der Waals surface area contributed by atoms with Gasteiger partial charge in [-0.1, -0.05) is 11.6 Å². The van der Waals surface area contributed by atoms with Crippen LogP contribution in [0.5, 0.6) is 0 Å². The van der Waals surface area contributed by atoms with Gasteiger partial charge in [-0.3, -0.25) is 9.69 Å².